The van der Waals surface area contributed by atoms with E-state index in [0.29, 0.717) is 18.4 Å². The third kappa shape index (κ3) is 3.59. The lowest BCUT2D eigenvalue weighted by Crippen LogP contribution is -1.97. The van der Waals surface area contributed by atoms with Crippen LogP contribution in [0.3, 0.4) is 0 Å². The monoisotopic (exact) mass is 290 g/mol. The number of benzene rings is 2. The molecule has 0 unspecified atom stereocenters. The fraction of sp³-hybridized carbons (Fsp3) is 0.143. The largest absolute Gasteiger partial charge is 0.305 e. The maximum Gasteiger partial charge on any atom is 0.305 e. The Morgan fingerprint density at radius 1 is 0.857 bits per heavy atom. The van der Waals surface area contributed by atoms with Crippen LogP contribution in [0.15, 0.2) is 42.5 Å². The number of aryl methyl sites for hydroxylation is 2. The fourth-order valence-electron chi connectivity index (χ4n) is 1.93. The highest BCUT2D eigenvalue weighted by Gasteiger charge is 2.14. The van der Waals surface area contributed by atoms with Crippen LogP contribution in [-0.2, 0) is 12.8 Å². The summed E-state index contributed by atoms with van der Waals surface area (Å²) < 4.78 is 13.2. The first-order chi connectivity index (χ1) is 9.97. The summed E-state index contributed by atoms with van der Waals surface area (Å²) in [7, 11) is 0. The van der Waals surface area contributed by atoms with E-state index in [9.17, 15) is 24.6 Å². The van der Waals surface area contributed by atoms with Crippen molar-refractivity contribution in [3.05, 3.63) is 79.6 Å². The van der Waals surface area contributed by atoms with Crippen LogP contribution in [0.5, 0.6) is 0 Å². The molecule has 0 fully saturated rings. The smallest absolute Gasteiger partial charge is 0.258 e. The Hall–Kier alpha value is -2.83. The van der Waals surface area contributed by atoms with E-state index < -0.39 is 21.4 Å². The van der Waals surface area contributed by atoms with Gasteiger partial charge >= 0.3 is 5.69 Å². The second-order valence-corrected chi connectivity index (χ2v) is 4.47. The van der Waals surface area contributed by atoms with Crippen molar-refractivity contribution in [2.75, 3.05) is 0 Å². The highest BCUT2D eigenvalue weighted by atomic mass is 19.1. The van der Waals surface area contributed by atoms with Gasteiger partial charge in [-0.2, -0.15) is 4.39 Å². The number of nitro benzene ring substituents is 2. The molecule has 0 N–H and O–H groups in total. The molecule has 2 aromatic carbocycles. The molecule has 0 bridgehead atoms. The number of halogens is 1. The van der Waals surface area contributed by atoms with Gasteiger partial charge < -0.3 is 0 Å². The van der Waals surface area contributed by atoms with Gasteiger partial charge in [-0.3, -0.25) is 20.2 Å². The number of hydrogen-bond acceptors (Lipinski definition) is 4. The quantitative estimate of drug-likeness (QED) is 0.623. The summed E-state index contributed by atoms with van der Waals surface area (Å²) in [6.45, 7) is 0. The zero-order chi connectivity index (χ0) is 15.4. The molecule has 2 rings (SSSR count). The van der Waals surface area contributed by atoms with Crippen LogP contribution < -0.4 is 0 Å². The third-order valence-electron chi connectivity index (χ3n) is 3.06. The first-order valence-corrected chi connectivity index (χ1v) is 6.13. The zero-order valence-corrected chi connectivity index (χ0v) is 10.9. The van der Waals surface area contributed by atoms with E-state index in [1.165, 1.54) is 24.3 Å². The average Bonchev–Trinajstić information content (AvgIpc) is 2.46. The van der Waals surface area contributed by atoms with Gasteiger partial charge in [-0.05, 0) is 30.0 Å². The minimum atomic E-state index is -0.862. The molecule has 0 spiro atoms. The highest BCUT2D eigenvalue weighted by Crippen LogP contribution is 2.20. The van der Waals surface area contributed by atoms with Crippen LogP contribution >= 0.6 is 0 Å². The van der Waals surface area contributed by atoms with Gasteiger partial charge in [0.1, 0.15) is 0 Å². The molecule has 0 heterocycles. The summed E-state index contributed by atoms with van der Waals surface area (Å²) in [6, 6.07) is 9.86. The molecule has 7 heteroatoms. The Kier molecular flexibility index (Phi) is 4.22. The zero-order valence-electron chi connectivity index (χ0n) is 10.9. The van der Waals surface area contributed by atoms with E-state index in [4.69, 9.17) is 0 Å². The molecule has 6 nitrogen and oxygen atoms in total. The summed E-state index contributed by atoms with van der Waals surface area (Å²) in [5.41, 5.74) is 0.974. The minimum absolute atomic E-state index is 0.0103. The molecule has 0 saturated heterocycles. The van der Waals surface area contributed by atoms with Gasteiger partial charge in [0.2, 0.25) is 5.82 Å². The SMILES string of the molecule is O=[N+]([O-])c1ccc(CCc2ccc(F)c([N+](=O)[O-])c2)cc1. The van der Waals surface area contributed by atoms with Crippen molar-refractivity contribution >= 4 is 11.4 Å². The Labute approximate surface area is 119 Å². The van der Waals surface area contributed by atoms with Gasteiger partial charge in [0.25, 0.3) is 5.69 Å². The second kappa shape index (κ2) is 6.08. The van der Waals surface area contributed by atoms with Gasteiger partial charge in [-0.15, -0.1) is 0 Å². The highest BCUT2D eigenvalue weighted by molar-refractivity contribution is 5.37. The van der Waals surface area contributed by atoms with Crippen molar-refractivity contribution < 1.29 is 14.2 Å². The Bertz CT molecular complexity index is 686. The predicted molar refractivity (Wildman–Crippen MR) is 73.6 cm³/mol. The summed E-state index contributed by atoms with van der Waals surface area (Å²) in [5, 5.41) is 21.2. The normalized spacial score (nSPS) is 10.3. The van der Waals surface area contributed by atoms with Crippen LogP contribution in [0.1, 0.15) is 11.1 Å². The van der Waals surface area contributed by atoms with Gasteiger partial charge in [-0.1, -0.05) is 18.2 Å². The molecule has 2 aromatic rings. The maximum atomic E-state index is 13.2. The number of non-ortho nitro benzene ring substituents is 1. The molecule has 0 radical (unpaired) electrons. The van der Waals surface area contributed by atoms with Gasteiger partial charge in [0.05, 0.1) is 9.85 Å². The van der Waals surface area contributed by atoms with Crippen LogP contribution in [0.2, 0.25) is 0 Å². The Morgan fingerprint density at radius 2 is 1.43 bits per heavy atom. The Balaban J connectivity index is 2.07. The second-order valence-electron chi connectivity index (χ2n) is 4.47. The van der Waals surface area contributed by atoms with Crippen molar-refractivity contribution in [3.63, 3.8) is 0 Å². The predicted octanol–water partition coefficient (Wildman–Crippen LogP) is 3.43. The first-order valence-electron chi connectivity index (χ1n) is 6.13. The molecule has 0 aliphatic rings. The summed E-state index contributed by atoms with van der Waals surface area (Å²) >= 11 is 0. The lowest BCUT2D eigenvalue weighted by molar-refractivity contribution is -0.387. The molecular weight excluding hydrogens is 279 g/mol. The van der Waals surface area contributed by atoms with E-state index in [0.717, 1.165) is 11.6 Å². The number of nitrogens with zero attached hydrogens (tertiary/aromatic N) is 2. The van der Waals surface area contributed by atoms with E-state index >= 15 is 0 Å². The molecule has 0 atom stereocenters. The summed E-state index contributed by atoms with van der Waals surface area (Å²) in [4.78, 5) is 19.9. The van der Waals surface area contributed by atoms with Crippen molar-refractivity contribution in [1.29, 1.82) is 0 Å². The lowest BCUT2D eigenvalue weighted by atomic mass is 10.0. The first kappa shape index (κ1) is 14.6. The van der Waals surface area contributed by atoms with Crippen LogP contribution in [0.4, 0.5) is 15.8 Å². The van der Waals surface area contributed by atoms with Crippen molar-refractivity contribution in [2.24, 2.45) is 0 Å². The van der Waals surface area contributed by atoms with Crippen molar-refractivity contribution in [3.8, 4) is 0 Å². The number of rotatable bonds is 5. The number of nitro groups is 2. The van der Waals surface area contributed by atoms with Crippen molar-refractivity contribution in [1.82, 2.24) is 0 Å². The Morgan fingerprint density at radius 3 is 2.00 bits per heavy atom. The summed E-state index contributed by atoms with van der Waals surface area (Å²) in [5.74, 6) is -0.862. The molecule has 21 heavy (non-hydrogen) atoms. The molecular formula is C14H11FN2O4. The standard InChI is InChI=1S/C14H11FN2O4/c15-13-8-5-11(9-14(13)17(20)21)2-1-10-3-6-12(7-4-10)16(18)19/h3-9H,1-2H2. The van der Waals surface area contributed by atoms with Crippen LogP contribution in [0, 0.1) is 26.0 Å². The molecule has 0 amide bonds. The molecule has 0 saturated carbocycles. The van der Waals surface area contributed by atoms with Crippen LogP contribution in [0.25, 0.3) is 0 Å². The van der Waals surface area contributed by atoms with Gasteiger partial charge in [-0.25, -0.2) is 0 Å². The van der Waals surface area contributed by atoms with Gasteiger partial charge in [0.15, 0.2) is 0 Å². The van der Waals surface area contributed by atoms with E-state index in [-0.39, 0.29) is 5.69 Å². The molecule has 108 valence electrons. The maximum absolute atomic E-state index is 13.2. The van der Waals surface area contributed by atoms with E-state index in [1.807, 2.05) is 0 Å². The third-order valence-corrected chi connectivity index (χ3v) is 3.06. The topological polar surface area (TPSA) is 86.3 Å². The minimum Gasteiger partial charge on any atom is -0.258 e. The van der Waals surface area contributed by atoms with E-state index in [2.05, 4.69) is 0 Å². The van der Waals surface area contributed by atoms with Crippen molar-refractivity contribution in [2.45, 2.75) is 12.8 Å². The molecule has 0 aliphatic heterocycles. The summed E-state index contributed by atoms with van der Waals surface area (Å²) in [6.07, 6.45) is 1.04. The molecule has 0 aliphatic carbocycles. The van der Waals surface area contributed by atoms with E-state index in [1.54, 1.807) is 12.1 Å². The lowest BCUT2D eigenvalue weighted by Gasteiger charge is -2.03. The number of hydrogen-bond donors (Lipinski definition) is 0. The van der Waals surface area contributed by atoms with Crippen LogP contribution in [-0.4, -0.2) is 9.85 Å². The van der Waals surface area contributed by atoms with Gasteiger partial charge in [0, 0.05) is 18.2 Å². The molecule has 0 aromatic heterocycles. The average molecular weight is 290 g/mol. The fourth-order valence-corrected chi connectivity index (χ4v) is 1.93.